The Balaban J connectivity index is 1.52. The molecule has 1 atom stereocenters. The van der Waals surface area contributed by atoms with Gasteiger partial charge in [0.1, 0.15) is 10.0 Å². The highest BCUT2D eigenvalue weighted by Gasteiger charge is 2.34. The Morgan fingerprint density at radius 2 is 2.21 bits per heavy atom. The van der Waals surface area contributed by atoms with Gasteiger partial charge in [0.2, 0.25) is 11.8 Å². The maximum Gasteiger partial charge on any atom is 0.225 e. The molecule has 2 aromatic rings. The standard InChI is InChI=1S/C16H19N5O2S/c1-2-13-19-20-14(24-13)8-18-16(23)11-7-15(22)21(9-11)10-12-5-3-4-6-17-12/h3-6,11H,2,7-10H2,1H3,(H,18,23)/t11-/m1/s1. The van der Waals surface area contributed by atoms with Gasteiger partial charge in [-0.2, -0.15) is 0 Å². The quantitative estimate of drug-likeness (QED) is 0.849. The van der Waals surface area contributed by atoms with Crippen molar-refractivity contribution in [1.29, 1.82) is 0 Å². The molecule has 0 radical (unpaired) electrons. The van der Waals surface area contributed by atoms with Crippen LogP contribution in [-0.4, -0.2) is 38.4 Å². The maximum absolute atomic E-state index is 12.3. The zero-order valence-corrected chi connectivity index (χ0v) is 14.3. The number of carbonyl (C=O) groups excluding carboxylic acids is 2. The van der Waals surface area contributed by atoms with Crippen LogP contribution < -0.4 is 5.32 Å². The average molecular weight is 345 g/mol. The van der Waals surface area contributed by atoms with E-state index in [1.165, 1.54) is 11.3 Å². The lowest BCUT2D eigenvalue weighted by molar-refractivity contribution is -0.129. The van der Waals surface area contributed by atoms with Crippen molar-refractivity contribution >= 4 is 23.2 Å². The summed E-state index contributed by atoms with van der Waals surface area (Å²) in [6.07, 6.45) is 2.78. The number of nitrogens with zero attached hydrogens (tertiary/aromatic N) is 4. The minimum atomic E-state index is -0.320. The van der Waals surface area contributed by atoms with Crippen LogP contribution in [0.4, 0.5) is 0 Å². The summed E-state index contributed by atoms with van der Waals surface area (Å²) in [6, 6.07) is 5.60. The third-order valence-electron chi connectivity index (χ3n) is 3.89. The van der Waals surface area contributed by atoms with Gasteiger partial charge in [-0.15, -0.1) is 10.2 Å². The molecule has 1 N–H and O–H groups in total. The highest BCUT2D eigenvalue weighted by molar-refractivity contribution is 7.11. The lowest BCUT2D eigenvalue weighted by atomic mass is 10.1. The summed E-state index contributed by atoms with van der Waals surface area (Å²) in [5.41, 5.74) is 0.827. The Kier molecular flexibility index (Phi) is 5.14. The summed E-state index contributed by atoms with van der Waals surface area (Å²) in [6.45, 7) is 3.25. The smallest absolute Gasteiger partial charge is 0.225 e. The van der Waals surface area contributed by atoms with E-state index >= 15 is 0 Å². The number of likely N-dealkylation sites (tertiary alicyclic amines) is 1. The molecular weight excluding hydrogens is 326 g/mol. The fraction of sp³-hybridized carbons (Fsp3) is 0.438. The topological polar surface area (TPSA) is 88.1 Å². The second kappa shape index (κ2) is 7.48. The second-order valence-electron chi connectivity index (χ2n) is 5.66. The van der Waals surface area contributed by atoms with Gasteiger partial charge in [0.15, 0.2) is 0 Å². The van der Waals surface area contributed by atoms with Gasteiger partial charge < -0.3 is 10.2 Å². The van der Waals surface area contributed by atoms with Crippen molar-refractivity contribution in [3.63, 3.8) is 0 Å². The average Bonchev–Trinajstić information content (AvgIpc) is 3.21. The highest BCUT2D eigenvalue weighted by atomic mass is 32.1. The zero-order chi connectivity index (χ0) is 16.9. The van der Waals surface area contributed by atoms with Crippen LogP contribution in [-0.2, 0) is 29.1 Å². The van der Waals surface area contributed by atoms with Gasteiger partial charge in [0.25, 0.3) is 0 Å². The molecule has 7 nitrogen and oxygen atoms in total. The Morgan fingerprint density at radius 1 is 1.38 bits per heavy atom. The van der Waals surface area contributed by atoms with E-state index in [-0.39, 0.29) is 24.2 Å². The normalized spacial score (nSPS) is 17.3. The van der Waals surface area contributed by atoms with Crippen molar-refractivity contribution < 1.29 is 9.59 Å². The molecule has 2 aromatic heterocycles. The number of carbonyl (C=O) groups is 2. The van der Waals surface area contributed by atoms with Gasteiger partial charge >= 0.3 is 0 Å². The van der Waals surface area contributed by atoms with Crippen molar-refractivity contribution in [3.05, 3.63) is 40.1 Å². The maximum atomic E-state index is 12.3. The van der Waals surface area contributed by atoms with Gasteiger partial charge in [-0.1, -0.05) is 24.3 Å². The third-order valence-corrected chi connectivity index (χ3v) is 4.96. The van der Waals surface area contributed by atoms with E-state index in [9.17, 15) is 9.59 Å². The Labute approximate surface area is 144 Å². The van der Waals surface area contributed by atoms with Crippen molar-refractivity contribution in [2.75, 3.05) is 6.54 Å². The number of hydrogen-bond donors (Lipinski definition) is 1. The zero-order valence-electron chi connectivity index (χ0n) is 13.4. The molecule has 0 bridgehead atoms. The lowest BCUT2D eigenvalue weighted by Gasteiger charge is -2.15. The molecule has 3 heterocycles. The van der Waals surface area contributed by atoms with Crippen molar-refractivity contribution in [2.45, 2.75) is 32.9 Å². The molecule has 2 amide bonds. The number of hydrogen-bond acceptors (Lipinski definition) is 6. The van der Waals surface area contributed by atoms with Crippen LogP contribution in [0.5, 0.6) is 0 Å². The molecule has 8 heteroatoms. The van der Waals surface area contributed by atoms with Crippen molar-refractivity contribution in [1.82, 2.24) is 25.4 Å². The van der Waals surface area contributed by atoms with E-state index in [1.807, 2.05) is 25.1 Å². The predicted octanol–water partition coefficient (Wildman–Crippen LogP) is 1.16. The summed E-state index contributed by atoms with van der Waals surface area (Å²) < 4.78 is 0. The lowest BCUT2D eigenvalue weighted by Crippen LogP contribution is -2.32. The van der Waals surface area contributed by atoms with E-state index in [0.29, 0.717) is 19.6 Å². The van der Waals surface area contributed by atoms with E-state index in [0.717, 1.165) is 22.1 Å². The molecule has 0 aliphatic carbocycles. The fourth-order valence-electron chi connectivity index (χ4n) is 2.60. The molecule has 0 saturated carbocycles. The van der Waals surface area contributed by atoms with Gasteiger partial charge in [0, 0.05) is 19.2 Å². The molecule has 0 unspecified atom stereocenters. The SMILES string of the molecule is CCc1nnc(CNC(=O)[C@@H]2CC(=O)N(Cc3ccccn3)C2)s1. The molecule has 1 saturated heterocycles. The first-order valence-electron chi connectivity index (χ1n) is 7.92. The van der Waals surface area contributed by atoms with Crippen LogP contribution in [0.15, 0.2) is 24.4 Å². The Hall–Kier alpha value is -2.35. The number of pyridine rings is 1. The van der Waals surface area contributed by atoms with E-state index < -0.39 is 0 Å². The van der Waals surface area contributed by atoms with Crippen LogP contribution in [0.3, 0.4) is 0 Å². The van der Waals surface area contributed by atoms with Gasteiger partial charge in [0.05, 0.1) is 24.7 Å². The van der Waals surface area contributed by atoms with Crippen LogP contribution in [0.25, 0.3) is 0 Å². The van der Waals surface area contributed by atoms with Crippen LogP contribution in [0, 0.1) is 5.92 Å². The monoisotopic (exact) mass is 345 g/mol. The third kappa shape index (κ3) is 3.94. The first-order chi connectivity index (χ1) is 11.7. The van der Waals surface area contributed by atoms with E-state index in [4.69, 9.17) is 0 Å². The second-order valence-corrected chi connectivity index (χ2v) is 6.80. The number of nitrogens with one attached hydrogen (secondary N) is 1. The Bertz CT molecular complexity index is 718. The summed E-state index contributed by atoms with van der Waals surface area (Å²) in [5.74, 6) is -0.440. The summed E-state index contributed by atoms with van der Waals surface area (Å²) in [7, 11) is 0. The fourth-order valence-corrected chi connectivity index (χ4v) is 3.32. The minimum absolute atomic E-state index is 0.00927. The molecule has 1 aliphatic heterocycles. The summed E-state index contributed by atoms with van der Waals surface area (Å²) >= 11 is 1.50. The van der Waals surface area contributed by atoms with Gasteiger partial charge in [-0.3, -0.25) is 14.6 Å². The number of aromatic nitrogens is 3. The molecule has 0 aromatic carbocycles. The van der Waals surface area contributed by atoms with Crippen LogP contribution >= 0.6 is 11.3 Å². The number of amides is 2. The first kappa shape index (κ1) is 16.5. The minimum Gasteiger partial charge on any atom is -0.349 e. The molecule has 1 aliphatic rings. The molecule has 126 valence electrons. The highest BCUT2D eigenvalue weighted by Crippen LogP contribution is 2.20. The van der Waals surface area contributed by atoms with Gasteiger partial charge in [-0.25, -0.2) is 0 Å². The molecular formula is C16H19N5O2S. The molecule has 3 rings (SSSR count). The van der Waals surface area contributed by atoms with Gasteiger partial charge in [-0.05, 0) is 18.6 Å². The van der Waals surface area contributed by atoms with E-state index in [1.54, 1.807) is 11.1 Å². The number of rotatable bonds is 6. The largest absolute Gasteiger partial charge is 0.349 e. The molecule has 0 spiro atoms. The van der Waals surface area contributed by atoms with E-state index in [2.05, 4.69) is 20.5 Å². The summed E-state index contributed by atoms with van der Waals surface area (Å²) in [4.78, 5) is 30.3. The van der Waals surface area contributed by atoms with Crippen LogP contribution in [0.1, 0.15) is 29.1 Å². The summed E-state index contributed by atoms with van der Waals surface area (Å²) in [5, 5.41) is 12.7. The molecule has 1 fully saturated rings. The van der Waals surface area contributed by atoms with Crippen LogP contribution in [0.2, 0.25) is 0 Å². The number of aryl methyl sites for hydroxylation is 1. The van der Waals surface area contributed by atoms with Crippen molar-refractivity contribution in [2.24, 2.45) is 5.92 Å². The van der Waals surface area contributed by atoms with Crippen molar-refractivity contribution in [3.8, 4) is 0 Å². The Morgan fingerprint density at radius 3 is 2.92 bits per heavy atom. The predicted molar refractivity (Wildman–Crippen MR) is 88.9 cm³/mol. The molecule has 24 heavy (non-hydrogen) atoms. The first-order valence-corrected chi connectivity index (χ1v) is 8.74.